The molecule has 5 nitrogen and oxygen atoms in total. The third-order valence-electron chi connectivity index (χ3n) is 6.60. The first-order valence-electron chi connectivity index (χ1n) is 12.6. The number of benzene rings is 2. The van der Waals surface area contributed by atoms with Gasteiger partial charge >= 0.3 is 0 Å². The molecular formula is C27H43N5. The van der Waals surface area contributed by atoms with E-state index in [2.05, 4.69) is 108 Å². The molecule has 0 aliphatic carbocycles. The van der Waals surface area contributed by atoms with Gasteiger partial charge in [0.15, 0.2) is 0 Å². The van der Waals surface area contributed by atoms with Crippen LogP contribution >= 0.6 is 0 Å². The predicted octanol–water partition coefficient (Wildman–Crippen LogP) is 5.68. The zero-order valence-corrected chi connectivity index (χ0v) is 20.9. The number of unbranched alkanes of at least 4 members (excludes halogenated alkanes) is 1. The van der Waals surface area contributed by atoms with Crippen LogP contribution < -0.4 is 19.6 Å². The van der Waals surface area contributed by atoms with Gasteiger partial charge in [-0.05, 0) is 82.6 Å². The van der Waals surface area contributed by atoms with Crippen LogP contribution in [0.15, 0.2) is 48.5 Å². The smallest absolute Gasteiger partial charge is 0.0928 e. The maximum absolute atomic E-state index is 2.57. The molecule has 3 rings (SSSR count). The Balaban J connectivity index is 1.78. The molecule has 1 aliphatic heterocycles. The van der Waals surface area contributed by atoms with Gasteiger partial charge in [0, 0.05) is 55.5 Å². The highest BCUT2D eigenvalue weighted by Crippen LogP contribution is 2.27. The molecule has 0 saturated carbocycles. The lowest BCUT2D eigenvalue weighted by Gasteiger charge is -2.44. The lowest BCUT2D eigenvalue weighted by Crippen LogP contribution is -2.55. The molecule has 0 unspecified atom stereocenters. The maximum Gasteiger partial charge on any atom is 0.0928 e. The van der Waals surface area contributed by atoms with Gasteiger partial charge in [0.25, 0.3) is 0 Å². The average Bonchev–Trinajstić information content (AvgIpc) is 2.85. The fourth-order valence-electron chi connectivity index (χ4n) is 4.60. The van der Waals surface area contributed by atoms with Crippen LogP contribution in [0.4, 0.5) is 22.7 Å². The van der Waals surface area contributed by atoms with Gasteiger partial charge in [0.1, 0.15) is 0 Å². The van der Waals surface area contributed by atoms with E-state index >= 15 is 0 Å². The number of nitrogens with zero attached hydrogens (tertiary/aromatic N) is 5. The Labute approximate surface area is 196 Å². The summed E-state index contributed by atoms with van der Waals surface area (Å²) in [5.41, 5.74) is 5.21. The summed E-state index contributed by atoms with van der Waals surface area (Å²) < 4.78 is 0. The number of hydrogen-bond donors (Lipinski definition) is 0. The Hall–Kier alpha value is -2.40. The molecule has 1 saturated heterocycles. The van der Waals surface area contributed by atoms with Crippen molar-refractivity contribution in [2.45, 2.75) is 47.5 Å². The fourth-order valence-corrected chi connectivity index (χ4v) is 4.60. The minimum absolute atomic E-state index is 0.915. The Morgan fingerprint density at radius 3 is 1.34 bits per heavy atom. The first kappa shape index (κ1) is 24.2. The average molecular weight is 438 g/mol. The van der Waals surface area contributed by atoms with E-state index in [1.54, 1.807) is 0 Å². The molecule has 176 valence electrons. The second-order valence-electron chi connectivity index (χ2n) is 8.63. The van der Waals surface area contributed by atoms with Crippen LogP contribution in [0.3, 0.4) is 0 Å². The van der Waals surface area contributed by atoms with Crippen LogP contribution in [0.2, 0.25) is 0 Å². The maximum atomic E-state index is 2.57. The molecule has 0 spiro atoms. The van der Waals surface area contributed by atoms with Crippen LogP contribution in [0.1, 0.15) is 47.5 Å². The topological polar surface area (TPSA) is 16.2 Å². The first-order chi connectivity index (χ1) is 15.6. The van der Waals surface area contributed by atoms with E-state index in [4.69, 9.17) is 0 Å². The van der Waals surface area contributed by atoms with Crippen LogP contribution in [0.25, 0.3) is 0 Å². The summed E-state index contributed by atoms with van der Waals surface area (Å²) in [6, 6.07) is 18.3. The van der Waals surface area contributed by atoms with Crippen molar-refractivity contribution < 1.29 is 0 Å². The summed E-state index contributed by atoms with van der Waals surface area (Å²) in [6.45, 7) is 19.3. The van der Waals surface area contributed by atoms with Gasteiger partial charge in [-0.1, -0.05) is 13.3 Å². The standard InChI is InChI=1S/C27H43N5/c1-6-11-20-28-21-31(26-16-12-24(13-17-26)29(7-2)8-3)23-32(22-28)27-18-14-25(15-19-27)30(9-4)10-5/h12-19H,6-11,20-23H2,1-5H3. The van der Waals surface area contributed by atoms with Gasteiger partial charge in [0.05, 0.1) is 20.0 Å². The van der Waals surface area contributed by atoms with E-state index in [1.807, 2.05) is 0 Å². The molecule has 1 fully saturated rings. The van der Waals surface area contributed by atoms with Crippen molar-refractivity contribution in [2.75, 3.05) is 72.3 Å². The summed E-state index contributed by atoms with van der Waals surface area (Å²) in [6.07, 6.45) is 2.47. The van der Waals surface area contributed by atoms with Gasteiger partial charge in [0.2, 0.25) is 0 Å². The van der Waals surface area contributed by atoms with Crippen molar-refractivity contribution in [3.63, 3.8) is 0 Å². The van der Waals surface area contributed by atoms with Crippen LogP contribution in [-0.4, -0.2) is 57.6 Å². The molecule has 0 atom stereocenters. The lowest BCUT2D eigenvalue weighted by atomic mass is 10.2. The number of rotatable bonds is 11. The second kappa shape index (κ2) is 12.0. The summed E-state index contributed by atoms with van der Waals surface area (Å²) in [4.78, 5) is 12.4. The Morgan fingerprint density at radius 1 is 0.594 bits per heavy atom. The highest BCUT2D eigenvalue weighted by molar-refractivity contribution is 5.60. The lowest BCUT2D eigenvalue weighted by molar-refractivity contribution is 0.238. The number of hydrogen-bond acceptors (Lipinski definition) is 5. The molecule has 5 heteroatoms. The van der Waals surface area contributed by atoms with Gasteiger partial charge in [-0.2, -0.15) is 0 Å². The van der Waals surface area contributed by atoms with Gasteiger partial charge < -0.3 is 19.6 Å². The molecule has 0 bridgehead atoms. The Morgan fingerprint density at radius 2 is 1.00 bits per heavy atom. The highest BCUT2D eigenvalue weighted by atomic mass is 15.5. The van der Waals surface area contributed by atoms with Crippen molar-refractivity contribution in [3.05, 3.63) is 48.5 Å². The minimum Gasteiger partial charge on any atom is -0.372 e. The van der Waals surface area contributed by atoms with Crippen molar-refractivity contribution in [3.8, 4) is 0 Å². The normalized spacial score (nSPS) is 14.7. The molecule has 0 radical (unpaired) electrons. The van der Waals surface area contributed by atoms with Crippen LogP contribution in [-0.2, 0) is 0 Å². The van der Waals surface area contributed by atoms with E-state index in [-0.39, 0.29) is 0 Å². The van der Waals surface area contributed by atoms with E-state index < -0.39 is 0 Å². The zero-order chi connectivity index (χ0) is 22.9. The van der Waals surface area contributed by atoms with Crippen LogP contribution in [0, 0.1) is 0 Å². The van der Waals surface area contributed by atoms with E-state index in [0.717, 1.165) is 52.7 Å². The van der Waals surface area contributed by atoms with Gasteiger partial charge in [-0.25, -0.2) is 0 Å². The SMILES string of the molecule is CCCCN1CN(c2ccc(N(CC)CC)cc2)CN(c2ccc(N(CC)CC)cc2)C1. The molecule has 2 aromatic rings. The Kier molecular flexibility index (Phi) is 9.10. The summed E-state index contributed by atoms with van der Waals surface area (Å²) in [7, 11) is 0. The highest BCUT2D eigenvalue weighted by Gasteiger charge is 2.24. The molecule has 2 aromatic carbocycles. The largest absolute Gasteiger partial charge is 0.372 e. The third kappa shape index (κ3) is 5.89. The minimum atomic E-state index is 0.915. The van der Waals surface area contributed by atoms with Crippen molar-refractivity contribution >= 4 is 22.7 Å². The van der Waals surface area contributed by atoms with Crippen LogP contribution in [0.5, 0.6) is 0 Å². The predicted molar refractivity (Wildman–Crippen MR) is 141 cm³/mol. The molecule has 0 aromatic heterocycles. The van der Waals surface area contributed by atoms with Crippen molar-refractivity contribution in [2.24, 2.45) is 0 Å². The summed E-state index contributed by atoms with van der Waals surface area (Å²) in [5.74, 6) is 0. The fraction of sp³-hybridized carbons (Fsp3) is 0.556. The quantitative estimate of drug-likeness (QED) is 0.448. The molecular weight excluding hydrogens is 394 g/mol. The monoisotopic (exact) mass is 437 g/mol. The molecule has 1 aliphatic rings. The Bertz CT molecular complexity index is 717. The van der Waals surface area contributed by atoms with E-state index in [1.165, 1.54) is 35.6 Å². The number of anilines is 4. The summed E-state index contributed by atoms with van der Waals surface area (Å²) >= 11 is 0. The molecule has 1 heterocycles. The molecule has 32 heavy (non-hydrogen) atoms. The third-order valence-corrected chi connectivity index (χ3v) is 6.60. The van der Waals surface area contributed by atoms with Crippen molar-refractivity contribution in [1.82, 2.24) is 4.90 Å². The van der Waals surface area contributed by atoms with E-state index in [9.17, 15) is 0 Å². The molecule has 0 N–H and O–H groups in total. The zero-order valence-electron chi connectivity index (χ0n) is 20.9. The van der Waals surface area contributed by atoms with Gasteiger partial charge in [-0.3, -0.25) is 4.90 Å². The second-order valence-corrected chi connectivity index (χ2v) is 8.63. The summed E-state index contributed by atoms with van der Waals surface area (Å²) in [5, 5.41) is 0. The molecule has 0 amide bonds. The van der Waals surface area contributed by atoms with E-state index in [0.29, 0.717) is 0 Å². The van der Waals surface area contributed by atoms with Gasteiger partial charge in [-0.15, -0.1) is 0 Å². The van der Waals surface area contributed by atoms with Crippen molar-refractivity contribution in [1.29, 1.82) is 0 Å². The first-order valence-corrected chi connectivity index (χ1v) is 12.6.